The molecule has 10 heteroatoms. The van der Waals surface area contributed by atoms with Gasteiger partial charge < -0.3 is 10.6 Å². The second-order valence-electron chi connectivity index (χ2n) is 5.89. The van der Waals surface area contributed by atoms with Crippen molar-refractivity contribution in [2.45, 2.75) is 19.3 Å². The highest BCUT2D eigenvalue weighted by molar-refractivity contribution is 7.80. The molecule has 0 spiro atoms. The van der Waals surface area contributed by atoms with Crippen LogP contribution >= 0.6 is 35.4 Å². The van der Waals surface area contributed by atoms with E-state index < -0.39 is 5.91 Å². The Morgan fingerprint density at radius 3 is 2.24 bits per heavy atom. The Morgan fingerprint density at radius 1 is 0.862 bits per heavy atom. The Hall–Kier alpha value is -2.68. The lowest BCUT2D eigenvalue weighted by molar-refractivity contribution is -0.124. The summed E-state index contributed by atoms with van der Waals surface area (Å²) < 4.78 is 0. The number of amides is 3. The largest absolute Gasteiger partial charge is 0.325 e. The fourth-order valence-corrected chi connectivity index (χ4v) is 2.82. The molecule has 2 aromatic rings. The van der Waals surface area contributed by atoms with Gasteiger partial charge in [0.2, 0.25) is 17.7 Å². The van der Waals surface area contributed by atoms with Crippen LogP contribution in [0.5, 0.6) is 0 Å². The van der Waals surface area contributed by atoms with Crippen molar-refractivity contribution < 1.29 is 14.4 Å². The quantitative estimate of drug-likeness (QED) is 0.398. The number of nitrogens with one attached hydrogen (secondary N) is 4. The Kier molecular flexibility index (Phi) is 8.85. The summed E-state index contributed by atoms with van der Waals surface area (Å²) in [6, 6.07) is 13.8. The normalized spacial score (nSPS) is 10.0. The fourth-order valence-electron chi connectivity index (χ4n) is 2.20. The maximum Gasteiger partial charge on any atom is 0.238 e. The van der Waals surface area contributed by atoms with Crippen LogP contribution in [0.15, 0.2) is 48.5 Å². The fraction of sp³-hybridized carbons (Fsp3) is 0.158. The molecule has 152 valence electrons. The minimum Gasteiger partial charge on any atom is -0.325 e. The molecule has 0 aliphatic heterocycles. The molecule has 0 bridgehead atoms. The Balaban J connectivity index is 1.66. The monoisotopic (exact) mass is 452 g/mol. The molecular weight excluding hydrogens is 435 g/mol. The maximum absolute atomic E-state index is 11.9. The van der Waals surface area contributed by atoms with Crippen LogP contribution < -0.4 is 21.5 Å². The highest BCUT2D eigenvalue weighted by atomic mass is 35.5. The molecule has 0 aromatic heterocycles. The van der Waals surface area contributed by atoms with Gasteiger partial charge in [-0.15, -0.1) is 0 Å². The highest BCUT2D eigenvalue weighted by Gasteiger charge is 2.10. The van der Waals surface area contributed by atoms with Crippen molar-refractivity contribution in [3.8, 4) is 0 Å². The van der Waals surface area contributed by atoms with E-state index in [0.29, 0.717) is 15.7 Å². The van der Waals surface area contributed by atoms with Gasteiger partial charge in [-0.3, -0.25) is 25.2 Å². The second-order valence-corrected chi connectivity index (χ2v) is 7.14. The number of hydrazine groups is 1. The first-order chi connectivity index (χ1) is 13.8. The third-order valence-electron chi connectivity index (χ3n) is 3.56. The van der Waals surface area contributed by atoms with Crippen LogP contribution in [0.2, 0.25) is 10.0 Å². The van der Waals surface area contributed by atoms with E-state index >= 15 is 0 Å². The summed E-state index contributed by atoms with van der Waals surface area (Å²) in [5.74, 6) is -1.17. The molecule has 0 unspecified atom stereocenters. The predicted octanol–water partition coefficient (Wildman–Crippen LogP) is 2.98. The van der Waals surface area contributed by atoms with Crippen molar-refractivity contribution in [2.24, 2.45) is 0 Å². The van der Waals surface area contributed by atoms with Crippen LogP contribution in [-0.4, -0.2) is 22.8 Å². The molecule has 0 aliphatic rings. The minimum atomic E-state index is -0.470. The average Bonchev–Trinajstić information content (AvgIpc) is 2.67. The number of carbonyl (C=O) groups excluding carboxylic acids is 3. The molecule has 7 nitrogen and oxygen atoms in total. The van der Waals surface area contributed by atoms with Gasteiger partial charge >= 0.3 is 0 Å². The summed E-state index contributed by atoms with van der Waals surface area (Å²) in [6.07, 6.45) is -0.00570. The first-order valence-corrected chi connectivity index (χ1v) is 9.67. The SMILES string of the molecule is O=C(CCC(=O)Nc1ccc(Cl)cc1Cl)NNC(=S)NC(=O)Cc1ccccc1. The maximum atomic E-state index is 11.9. The highest BCUT2D eigenvalue weighted by Crippen LogP contribution is 2.25. The van der Waals surface area contributed by atoms with Gasteiger partial charge in [-0.25, -0.2) is 0 Å². The summed E-state index contributed by atoms with van der Waals surface area (Å²) >= 11 is 16.7. The number of benzene rings is 2. The lowest BCUT2D eigenvalue weighted by atomic mass is 10.1. The molecule has 3 amide bonds. The van der Waals surface area contributed by atoms with Gasteiger partial charge in [0.05, 0.1) is 17.1 Å². The summed E-state index contributed by atoms with van der Waals surface area (Å²) in [5.41, 5.74) is 5.98. The first kappa shape index (κ1) is 22.6. The first-order valence-electron chi connectivity index (χ1n) is 8.51. The van der Waals surface area contributed by atoms with Gasteiger partial charge in [-0.05, 0) is 36.0 Å². The molecule has 0 radical (unpaired) electrons. The zero-order valence-corrected chi connectivity index (χ0v) is 17.5. The molecule has 2 aromatic carbocycles. The van der Waals surface area contributed by atoms with E-state index in [4.69, 9.17) is 35.4 Å². The zero-order chi connectivity index (χ0) is 21.2. The minimum absolute atomic E-state index is 0.0447. The number of carbonyl (C=O) groups is 3. The molecule has 0 atom stereocenters. The van der Waals surface area contributed by atoms with Crippen molar-refractivity contribution in [1.29, 1.82) is 0 Å². The average molecular weight is 453 g/mol. The van der Waals surface area contributed by atoms with E-state index in [2.05, 4.69) is 21.5 Å². The third kappa shape index (κ3) is 8.47. The van der Waals surface area contributed by atoms with Crippen LogP contribution in [0.3, 0.4) is 0 Å². The molecule has 0 aliphatic carbocycles. The van der Waals surface area contributed by atoms with E-state index in [1.54, 1.807) is 12.1 Å². The second kappa shape index (κ2) is 11.4. The van der Waals surface area contributed by atoms with Crippen LogP contribution in [0.4, 0.5) is 5.69 Å². The van der Waals surface area contributed by atoms with Crippen LogP contribution in [0.25, 0.3) is 0 Å². The standard InChI is InChI=1S/C19H18Cl2N4O3S/c20-13-6-7-15(14(21)11-13)22-16(26)8-9-17(27)24-25-19(29)23-18(28)10-12-4-2-1-3-5-12/h1-7,11H,8-10H2,(H,22,26)(H,24,27)(H2,23,25,28,29). The third-order valence-corrected chi connectivity index (χ3v) is 4.31. The molecule has 4 N–H and O–H groups in total. The van der Waals surface area contributed by atoms with Crippen molar-refractivity contribution in [1.82, 2.24) is 16.2 Å². The Bertz CT molecular complexity index is 910. The van der Waals surface area contributed by atoms with Crippen molar-refractivity contribution >= 4 is 63.9 Å². The molecule has 29 heavy (non-hydrogen) atoms. The Morgan fingerprint density at radius 2 is 1.55 bits per heavy atom. The van der Waals surface area contributed by atoms with Gasteiger partial charge in [0.1, 0.15) is 0 Å². The van der Waals surface area contributed by atoms with E-state index in [9.17, 15) is 14.4 Å². The van der Waals surface area contributed by atoms with Crippen molar-refractivity contribution in [3.05, 3.63) is 64.1 Å². The van der Waals surface area contributed by atoms with Crippen LogP contribution in [0.1, 0.15) is 18.4 Å². The molecule has 0 fully saturated rings. The lowest BCUT2D eigenvalue weighted by Crippen LogP contribution is -2.48. The number of thiocarbonyl (C=S) groups is 1. The van der Waals surface area contributed by atoms with Gasteiger partial charge in [0.15, 0.2) is 5.11 Å². The number of anilines is 1. The van der Waals surface area contributed by atoms with E-state index in [1.807, 2.05) is 30.3 Å². The smallest absolute Gasteiger partial charge is 0.238 e. The summed E-state index contributed by atoms with van der Waals surface area (Å²) in [5, 5.41) is 5.75. The van der Waals surface area contributed by atoms with Gasteiger partial charge in [-0.2, -0.15) is 0 Å². The summed E-state index contributed by atoms with van der Waals surface area (Å²) in [6.45, 7) is 0. The van der Waals surface area contributed by atoms with E-state index in [0.717, 1.165) is 5.56 Å². The predicted molar refractivity (Wildman–Crippen MR) is 116 cm³/mol. The van der Waals surface area contributed by atoms with Crippen LogP contribution in [0, 0.1) is 0 Å². The number of hydrogen-bond acceptors (Lipinski definition) is 4. The Labute approximate surface area is 183 Å². The van der Waals surface area contributed by atoms with E-state index in [1.165, 1.54) is 6.07 Å². The van der Waals surface area contributed by atoms with Crippen molar-refractivity contribution in [3.63, 3.8) is 0 Å². The summed E-state index contributed by atoms with van der Waals surface area (Å²) in [7, 11) is 0. The molecule has 0 heterocycles. The van der Waals surface area contributed by atoms with Crippen molar-refractivity contribution in [2.75, 3.05) is 5.32 Å². The number of halogens is 2. The zero-order valence-electron chi connectivity index (χ0n) is 15.1. The van der Waals surface area contributed by atoms with Gasteiger partial charge in [-0.1, -0.05) is 53.5 Å². The molecular formula is C19H18Cl2N4O3S. The lowest BCUT2D eigenvalue weighted by Gasteiger charge is -2.11. The number of rotatable bonds is 6. The van der Waals surface area contributed by atoms with Gasteiger partial charge in [0.25, 0.3) is 0 Å². The summed E-state index contributed by atoms with van der Waals surface area (Å²) in [4.78, 5) is 35.6. The van der Waals surface area contributed by atoms with Gasteiger partial charge in [0, 0.05) is 17.9 Å². The molecule has 0 saturated carbocycles. The topological polar surface area (TPSA) is 99.3 Å². The molecule has 0 saturated heterocycles. The number of hydrogen-bond donors (Lipinski definition) is 4. The van der Waals surface area contributed by atoms with E-state index in [-0.39, 0.29) is 36.2 Å². The molecule has 2 rings (SSSR count). The van der Waals surface area contributed by atoms with Crippen LogP contribution in [-0.2, 0) is 20.8 Å².